The van der Waals surface area contributed by atoms with Gasteiger partial charge in [-0.2, -0.15) is 0 Å². The van der Waals surface area contributed by atoms with Gasteiger partial charge in [0.15, 0.2) is 0 Å². The van der Waals surface area contributed by atoms with E-state index in [4.69, 9.17) is 0 Å². The molecular weight excluding hydrogens is 284 g/mol. The van der Waals surface area contributed by atoms with Crippen LogP contribution in [0.2, 0.25) is 0 Å². The zero-order valence-corrected chi connectivity index (χ0v) is 12.9. The smallest absolute Gasteiger partial charge is 0.272 e. The summed E-state index contributed by atoms with van der Waals surface area (Å²) in [5.74, 6) is -0.420. The number of piperidine rings is 2. The summed E-state index contributed by atoms with van der Waals surface area (Å²) in [5.41, 5.74) is 1.06. The number of nitrogens with one attached hydrogen (secondary N) is 1. The summed E-state index contributed by atoms with van der Waals surface area (Å²) in [6.07, 6.45) is 3.78. The van der Waals surface area contributed by atoms with Gasteiger partial charge >= 0.3 is 0 Å². The molecule has 2 saturated heterocycles. The van der Waals surface area contributed by atoms with E-state index < -0.39 is 0 Å². The van der Waals surface area contributed by atoms with E-state index in [9.17, 15) is 14.4 Å². The van der Waals surface area contributed by atoms with Gasteiger partial charge in [-0.3, -0.25) is 19.7 Å². The van der Waals surface area contributed by atoms with Gasteiger partial charge in [0.1, 0.15) is 5.69 Å². The van der Waals surface area contributed by atoms with E-state index in [1.165, 1.54) is 0 Å². The van der Waals surface area contributed by atoms with E-state index in [1.807, 2.05) is 14.0 Å². The van der Waals surface area contributed by atoms with E-state index in [1.54, 1.807) is 15.8 Å². The number of imidazole rings is 1. The molecule has 22 heavy (non-hydrogen) atoms. The molecule has 3 rings (SSSR count). The molecule has 0 bridgehead atoms. The van der Waals surface area contributed by atoms with Crippen LogP contribution in [0.3, 0.4) is 0 Å². The van der Waals surface area contributed by atoms with Gasteiger partial charge in [0.25, 0.3) is 5.91 Å². The summed E-state index contributed by atoms with van der Waals surface area (Å²) in [5, 5.41) is 2.35. The summed E-state index contributed by atoms with van der Waals surface area (Å²) in [6, 6.07) is 0. The SMILES string of the molecule is Cc1ncn(C)c1C(=O)N1CCC2(CC1)CC(=O)NC(=O)C2. The van der Waals surface area contributed by atoms with Gasteiger partial charge in [0.2, 0.25) is 11.8 Å². The molecule has 0 saturated carbocycles. The fraction of sp³-hybridized carbons (Fsp3) is 0.600. The Morgan fingerprint density at radius 1 is 1.23 bits per heavy atom. The van der Waals surface area contributed by atoms with Crippen molar-refractivity contribution in [1.29, 1.82) is 0 Å². The second-order valence-electron chi connectivity index (χ2n) is 6.41. The molecule has 1 aromatic heterocycles. The van der Waals surface area contributed by atoms with Crippen LogP contribution in [-0.4, -0.2) is 45.3 Å². The third kappa shape index (κ3) is 2.51. The van der Waals surface area contributed by atoms with Crippen LogP contribution in [0.15, 0.2) is 6.33 Å². The Morgan fingerprint density at radius 2 is 1.82 bits per heavy atom. The minimum atomic E-state index is -0.266. The Hall–Kier alpha value is -2.18. The molecule has 0 aromatic carbocycles. The lowest BCUT2D eigenvalue weighted by atomic mass is 9.71. The van der Waals surface area contributed by atoms with Crippen molar-refractivity contribution in [3.63, 3.8) is 0 Å². The lowest BCUT2D eigenvalue weighted by Gasteiger charge is -2.43. The number of carbonyl (C=O) groups excluding carboxylic acids is 3. The number of rotatable bonds is 1. The second-order valence-corrected chi connectivity index (χ2v) is 6.41. The zero-order chi connectivity index (χ0) is 15.9. The van der Waals surface area contributed by atoms with Gasteiger partial charge in [-0.05, 0) is 25.2 Å². The molecule has 0 unspecified atom stereocenters. The molecule has 118 valence electrons. The molecule has 1 spiro atoms. The van der Waals surface area contributed by atoms with Crippen molar-refractivity contribution in [2.24, 2.45) is 12.5 Å². The van der Waals surface area contributed by atoms with Crippen LogP contribution in [0, 0.1) is 12.3 Å². The number of hydrogen-bond donors (Lipinski definition) is 1. The average molecular weight is 304 g/mol. The Morgan fingerprint density at radius 3 is 2.32 bits per heavy atom. The predicted molar refractivity (Wildman–Crippen MR) is 77.9 cm³/mol. The van der Waals surface area contributed by atoms with E-state index in [-0.39, 0.29) is 23.1 Å². The lowest BCUT2D eigenvalue weighted by molar-refractivity contribution is -0.139. The highest BCUT2D eigenvalue weighted by Crippen LogP contribution is 2.40. The molecule has 0 aliphatic carbocycles. The predicted octanol–water partition coefficient (Wildman–Crippen LogP) is 0.388. The highest BCUT2D eigenvalue weighted by Gasteiger charge is 2.42. The van der Waals surface area contributed by atoms with Crippen molar-refractivity contribution in [3.8, 4) is 0 Å². The molecule has 7 nitrogen and oxygen atoms in total. The van der Waals surface area contributed by atoms with Gasteiger partial charge in [-0.15, -0.1) is 0 Å². The van der Waals surface area contributed by atoms with Crippen molar-refractivity contribution >= 4 is 17.7 Å². The van der Waals surface area contributed by atoms with E-state index in [0.717, 1.165) is 5.69 Å². The third-order valence-electron chi connectivity index (χ3n) is 4.78. The maximum atomic E-state index is 12.6. The van der Waals surface area contributed by atoms with Crippen LogP contribution in [-0.2, 0) is 16.6 Å². The minimum Gasteiger partial charge on any atom is -0.337 e. The first-order valence-electron chi connectivity index (χ1n) is 7.50. The lowest BCUT2D eigenvalue weighted by Crippen LogP contribution is -2.51. The van der Waals surface area contributed by atoms with Crippen LogP contribution in [0.25, 0.3) is 0 Å². The molecule has 1 N–H and O–H groups in total. The molecule has 2 fully saturated rings. The number of carbonyl (C=O) groups is 3. The van der Waals surface area contributed by atoms with Crippen LogP contribution < -0.4 is 5.32 Å². The first-order chi connectivity index (χ1) is 10.4. The van der Waals surface area contributed by atoms with Gasteiger partial charge in [0.05, 0.1) is 12.0 Å². The molecule has 2 aliphatic rings. The van der Waals surface area contributed by atoms with Crippen LogP contribution in [0.1, 0.15) is 41.9 Å². The molecule has 2 aliphatic heterocycles. The first-order valence-corrected chi connectivity index (χ1v) is 7.50. The number of imide groups is 1. The number of nitrogens with zero attached hydrogens (tertiary/aromatic N) is 3. The Balaban J connectivity index is 1.70. The van der Waals surface area contributed by atoms with Crippen molar-refractivity contribution in [2.45, 2.75) is 32.6 Å². The maximum Gasteiger partial charge on any atom is 0.272 e. The quantitative estimate of drug-likeness (QED) is 0.761. The average Bonchev–Trinajstić information content (AvgIpc) is 2.77. The Labute approximate surface area is 128 Å². The number of likely N-dealkylation sites (tertiary alicyclic amines) is 1. The monoisotopic (exact) mass is 304 g/mol. The molecule has 7 heteroatoms. The number of hydrogen-bond acceptors (Lipinski definition) is 4. The zero-order valence-electron chi connectivity index (χ0n) is 12.9. The maximum absolute atomic E-state index is 12.6. The first kappa shape index (κ1) is 14.7. The minimum absolute atomic E-state index is 0.0288. The fourth-order valence-electron chi connectivity index (χ4n) is 3.53. The van der Waals surface area contributed by atoms with Crippen molar-refractivity contribution in [1.82, 2.24) is 19.8 Å². The Bertz CT molecular complexity index is 604. The van der Waals surface area contributed by atoms with Crippen molar-refractivity contribution in [3.05, 3.63) is 17.7 Å². The highest BCUT2D eigenvalue weighted by molar-refractivity contribution is 5.98. The molecule has 3 amide bonds. The molecular formula is C15H20N4O3. The third-order valence-corrected chi connectivity index (χ3v) is 4.78. The largest absolute Gasteiger partial charge is 0.337 e. The normalized spacial score (nSPS) is 21.1. The highest BCUT2D eigenvalue weighted by atomic mass is 16.2. The van der Waals surface area contributed by atoms with Crippen LogP contribution >= 0.6 is 0 Å². The van der Waals surface area contributed by atoms with Gasteiger partial charge in [0, 0.05) is 33.0 Å². The summed E-state index contributed by atoms with van der Waals surface area (Å²) in [6.45, 7) is 2.97. The van der Waals surface area contributed by atoms with E-state index in [2.05, 4.69) is 10.3 Å². The molecule has 1 aromatic rings. The van der Waals surface area contributed by atoms with Crippen molar-refractivity contribution in [2.75, 3.05) is 13.1 Å². The standard InChI is InChI=1S/C15H20N4O3/c1-10-13(18(2)9-16-10)14(22)19-5-3-15(4-6-19)7-11(20)17-12(21)8-15/h9H,3-8H2,1-2H3,(H,17,20,21). The summed E-state index contributed by atoms with van der Waals surface area (Å²) in [7, 11) is 1.81. The number of aryl methyl sites for hydroxylation is 2. The van der Waals surface area contributed by atoms with Crippen LogP contribution in [0.5, 0.6) is 0 Å². The Kier molecular flexibility index (Phi) is 3.50. The van der Waals surface area contributed by atoms with Crippen LogP contribution in [0.4, 0.5) is 0 Å². The van der Waals surface area contributed by atoms with E-state index >= 15 is 0 Å². The molecule has 0 atom stereocenters. The second kappa shape index (κ2) is 5.23. The van der Waals surface area contributed by atoms with E-state index in [0.29, 0.717) is 44.5 Å². The van der Waals surface area contributed by atoms with Gasteiger partial charge < -0.3 is 9.47 Å². The number of aromatic nitrogens is 2. The van der Waals surface area contributed by atoms with Crippen molar-refractivity contribution < 1.29 is 14.4 Å². The summed E-state index contributed by atoms with van der Waals surface area (Å²) in [4.78, 5) is 41.8. The van der Waals surface area contributed by atoms with Gasteiger partial charge in [-0.1, -0.05) is 0 Å². The molecule has 3 heterocycles. The topological polar surface area (TPSA) is 84.3 Å². The summed E-state index contributed by atoms with van der Waals surface area (Å²) >= 11 is 0. The molecule has 0 radical (unpaired) electrons. The van der Waals surface area contributed by atoms with Gasteiger partial charge in [-0.25, -0.2) is 4.98 Å². The summed E-state index contributed by atoms with van der Waals surface area (Å²) < 4.78 is 1.74. The number of amides is 3. The fourth-order valence-corrected chi connectivity index (χ4v) is 3.53.